The lowest BCUT2D eigenvalue weighted by Crippen LogP contribution is -2.42. The fourth-order valence-corrected chi connectivity index (χ4v) is 3.78. The molecule has 3 N–H and O–H groups in total. The molecule has 5 heteroatoms. The molecule has 0 saturated heterocycles. The molecule has 0 fully saturated rings. The van der Waals surface area contributed by atoms with Crippen molar-refractivity contribution < 1.29 is 5.11 Å². The van der Waals surface area contributed by atoms with Crippen LogP contribution in [0.2, 0.25) is 0 Å². The van der Waals surface area contributed by atoms with Crippen LogP contribution in [0.3, 0.4) is 0 Å². The molecule has 128 valence electrons. The summed E-state index contributed by atoms with van der Waals surface area (Å²) < 4.78 is 0. The number of benzene rings is 1. The van der Waals surface area contributed by atoms with Crippen LogP contribution in [0.15, 0.2) is 46.1 Å². The van der Waals surface area contributed by atoms with Crippen LogP contribution in [0.1, 0.15) is 36.5 Å². The molecule has 2 atom stereocenters. The molecule has 4 nitrogen and oxygen atoms in total. The fourth-order valence-electron chi connectivity index (χ4n) is 3.00. The summed E-state index contributed by atoms with van der Waals surface area (Å²) in [5.74, 6) is 1.31. The number of aliphatic imine (C=N–C) groups is 1. The molecule has 0 radical (unpaired) electrons. The third-order valence-electron chi connectivity index (χ3n) is 4.51. The van der Waals surface area contributed by atoms with Crippen LogP contribution < -0.4 is 10.6 Å². The highest BCUT2D eigenvalue weighted by Gasteiger charge is 2.26. The quantitative estimate of drug-likeness (QED) is 0.558. The van der Waals surface area contributed by atoms with E-state index in [1.165, 1.54) is 11.1 Å². The summed E-state index contributed by atoms with van der Waals surface area (Å²) in [6.07, 6.45) is 1.12. The zero-order chi connectivity index (χ0) is 17.0. The minimum atomic E-state index is -0.939. The van der Waals surface area contributed by atoms with Crippen molar-refractivity contribution in [1.29, 1.82) is 0 Å². The lowest BCUT2D eigenvalue weighted by molar-refractivity contribution is 0.0677. The summed E-state index contributed by atoms with van der Waals surface area (Å²) in [5.41, 5.74) is 2.86. The van der Waals surface area contributed by atoms with Crippen molar-refractivity contribution >= 4 is 17.3 Å². The van der Waals surface area contributed by atoms with Crippen LogP contribution in [0, 0.1) is 0 Å². The second kappa shape index (κ2) is 7.36. The second-order valence-electron chi connectivity index (χ2n) is 6.46. The van der Waals surface area contributed by atoms with Gasteiger partial charge in [0.2, 0.25) is 0 Å². The van der Waals surface area contributed by atoms with Crippen molar-refractivity contribution in [2.75, 3.05) is 19.6 Å². The molecule has 1 heterocycles. The summed E-state index contributed by atoms with van der Waals surface area (Å²) in [6.45, 7) is 5.86. The number of fused-ring (bicyclic) bond motifs is 1. The van der Waals surface area contributed by atoms with E-state index in [0.717, 1.165) is 31.0 Å². The van der Waals surface area contributed by atoms with Crippen LogP contribution in [0.5, 0.6) is 0 Å². The van der Waals surface area contributed by atoms with Crippen molar-refractivity contribution in [2.24, 2.45) is 4.99 Å². The molecule has 1 aliphatic carbocycles. The third-order valence-corrected chi connectivity index (χ3v) is 5.19. The maximum Gasteiger partial charge on any atom is 0.191 e. The Morgan fingerprint density at radius 1 is 1.33 bits per heavy atom. The first-order chi connectivity index (χ1) is 11.6. The highest BCUT2D eigenvalue weighted by molar-refractivity contribution is 7.08. The molecular weight excluding hydrogens is 318 g/mol. The van der Waals surface area contributed by atoms with Gasteiger partial charge in [-0.15, -0.1) is 0 Å². The van der Waals surface area contributed by atoms with Gasteiger partial charge < -0.3 is 15.7 Å². The first-order valence-electron chi connectivity index (χ1n) is 8.45. The summed E-state index contributed by atoms with van der Waals surface area (Å²) in [6, 6.07) is 10.6. The smallest absolute Gasteiger partial charge is 0.191 e. The van der Waals surface area contributed by atoms with E-state index in [2.05, 4.69) is 39.9 Å². The average Bonchev–Trinajstić information content (AvgIpc) is 3.09. The maximum absolute atomic E-state index is 10.6. The van der Waals surface area contributed by atoms with Gasteiger partial charge >= 0.3 is 0 Å². The zero-order valence-corrected chi connectivity index (χ0v) is 15.1. The molecule has 24 heavy (non-hydrogen) atoms. The molecule has 0 bridgehead atoms. The number of nitrogens with one attached hydrogen (secondary N) is 2. The molecular formula is C19H25N3OS. The first kappa shape index (κ1) is 17.0. The van der Waals surface area contributed by atoms with E-state index in [9.17, 15) is 5.11 Å². The van der Waals surface area contributed by atoms with E-state index < -0.39 is 5.60 Å². The van der Waals surface area contributed by atoms with E-state index in [1.54, 1.807) is 11.3 Å². The van der Waals surface area contributed by atoms with Crippen LogP contribution in [-0.2, 0) is 12.0 Å². The molecule has 0 aliphatic heterocycles. The number of rotatable bonds is 6. The molecule has 2 unspecified atom stereocenters. The van der Waals surface area contributed by atoms with E-state index in [0.29, 0.717) is 12.5 Å². The van der Waals surface area contributed by atoms with Gasteiger partial charge in [0.25, 0.3) is 0 Å². The molecule has 0 amide bonds. The summed E-state index contributed by atoms with van der Waals surface area (Å²) in [5, 5.41) is 21.2. The van der Waals surface area contributed by atoms with Gasteiger partial charge in [0, 0.05) is 19.0 Å². The molecule has 1 aromatic carbocycles. The average molecular weight is 343 g/mol. The van der Waals surface area contributed by atoms with Gasteiger partial charge in [-0.3, -0.25) is 0 Å². The third kappa shape index (κ3) is 3.79. The first-order valence-corrected chi connectivity index (χ1v) is 9.39. The van der Waals surface area contributed by atoms with Gasteiger partial charge in [0.15, 0.2) is 5.96 Å². The van der Waals surface area contributed by atoms with Crippen molar-refractivity contribution in [3.63, 3.8) is 0 Å². The number of nitrogens with zero attached hydrogens (tertiary/aromatic N) is 1. The Labute approximate surface area is 147 Å². The highest BCUT2D eigenvalue weighted by atomic mass is 32.1. The number of aliphatic hydroxyl groups is 1. The maximum atomic E-state index is 10.6. The predicted octanol–water partition coefficient (Wildman–Crippen LogP) is 2.85. The van der Waals surface area contributed by atoms with E-state index >= 15 is 0 Å². The van der Waals surface area contributed by atoms with Crippen LogP contribution in [-0.4, -0.2) is 30.7 Å². The van der Waals surface area contributed by atoms with Gasteiger partial charge in [-0.25, -0.2) is 4.99 Å². The molecule has 0 saturated carbocycles. The number of hydrogen-bond acceptors (Lipinski definition) is 3. The Hall–Kier alpha value is -1.85. The van der Waals surface area contributed by atoms with Crippen molar-refractivity contribution in [1.82, 2.24) is 10.6 Å². The highest BCUT2D eigenvalue weighted by Crippen LogP contribution is 2.33. The zero-order valence-electron chi connectivity index (χ0n) is 14.2. The Morgan fingerprint density at radius 2 is 2.17 bits per heavy atom. The number of guanidine groups is 1. The predicted molar refractivity (Wildman–Crippen MR) is 101 cm³/mol. The monoisotopic (exact) mass is 343 g/mol. The number of thiophene rings is 1. The summed E-state index contributed by atoms with van der Waals surface area (Å²) >= 11 is 1.59. The molecule has 1 aliphatic rings. The van der Waals surface area contributed by atoms with Gasteiger partial charge in [-0.1, -0.05) is 24.3 Å². The van der Waals surface area contributed by atoms with Crippen LogP contribution in [0.4, 0.5) is 0 Å². The minimum Gasteiger partial charge on any atom is -0.383 e. The topological polar surface area (TPSA) is 56.7 Å². The largest absolute Gasteiger partial charge is 0.383 e. The van der Waals surface area contributed by atoms with Gasteiger partial charge in [0.1, 0.15) is 5.60 Å². The molecule has 3 rings (SSSR count). The summed E-state index contributed by atoms with van der Waals surface area (Å²) in [7, 11) is 0. The fraction of sp³-hybridized carbons (Fsp3) is 0.421. The lowest BCUT2D eigenvalue weighted by Gasteiger charge is -2.30. The van der Waals surface area contributed by atoms with Crippen molar-refractivity contribution in [2.45, 2.75) is 31.8 Å². The molecule has 1 aromatic heterocycles. The molecule has 0 spiro atoms. The van der Waals surface area contributed by atoms with Gasteiger partial charge in [-0.05, 0) is 53.8 Å². The van der Waals surface area contributed by atoms with Crippen LogP contribution in [0.25, 0.3) is 0 Å². The SMILES string of the molecule is CCNC(=NCC(C)(O)c1ccsc1)NCC1Cc2ccccc21. The van der Waals surface area contributed by atoms with E-state index in [1.807, 2.05) is 30.7 Å². The minimum absolute atomic E-state index is 0.334. The van der Waals surface area contributed by atoms with Gasteiger partial charge in [-0.2, -0.15) is 11.3 Å². The van der Waals surface area contributed by atoms with Crippen molar-refractivity contribution in [3.8, 4) is 0 Å². The van der Waals surface area contributed by atoms with E-state index in [4.69, 9.17) is 0 Å². The Balaban J connectivity index is 1.59. The summed E-state index contributed by atoms with van der Waals surface area (Å²) in [4.78, 5) is 4.58. The standard InChI is InChI=1S/C19H25N3OS/c1-3-20-18(22-13-19(2,23)16-8-9-24-12-16)21-11-15-10-14-6-4-5-7-17(14)15/h4-9,12,15,23H,3,10-11,13H2,1-2H3,(H2,20,21,22). The molecule has 2 aromatic rings. The lowest BCUT2D eigenvalue weighted by atomic mass is 9.78. The van der Waals surface area contributed by atoms with E-state index in [-0.39, 0.29) is 0 Å². The normalized spacial score (nSPS) is 19.1. The second-order valence-corrected chi connectivity index (χ2v) is 7.24. The van der Waals surface area contributed by atoms with Crippen LogP contribution >= 0.6 is 11.3 Å². The van der Waals surface area contributed by atoms with Gasteiger partial charge in [0.05, 0.1) is 6.54 Å². The Morgan fingerprint density at radius 3 is 2.88 bits per heavy atom. The Bertz CT molecular complexity index is 694. The number of hydrogen-bond donors (Lipinski definition) is 3. The Kier molecular flexibility index (Phi) is 5.21. The van der Waals surface area contributed by atoms with Crippen molar-refractivity contribution in [3.05, 3.63) is 57.8 Å².